The minimum Gasteiger partial charge on any atom is -0.365 e. The smallest absolute Gasteiger partial charge is 0.227 e. The Bertz CT molecular complexity index is 1110. The number of halogens is 2. The highest BCUT2D eigenvalue weighted by Crippen LogP contribution is 2.31. The van der Waals surface area contributed by atoms with E-state index in [1.54, 1.807) is 23.1 Å². The molecule has 2 aliphatic heterocycles. The third kappa shape index (κ3) is 4.50. The number of amides is 1. The molecule has 0 spiro atoms. The summed E-state index contributed by atoms with van der Waals surface area (Å²) in [5, 5.41) is 4.64. The van der Waals surface area contributed by atoms with Crippen molar-refractivity contribution in [2.75, 3.05) is 42.6 Å². The summed E-state index contributed by atoms with van der Waals surface area (Å²) in [6, 6.07) is 4.87. The second kappa shape index (κ2) is 8.54. The number of rotatable bonds is 4. The zero-order chi connectivity index (χ0) is 22.3. The first-order chi connectivity index (χ1) is 14.7. The molecule has 10 heteroatoms. The standard InChI is InChI=1S/C21H26BrFN4O3S/c1-14-21(15(2)27(24-14)17-6-11-31(29,30)13-17)26-9-7-25(8-10-26)19(28)12-16-4-3-5-18(22)20(16)23/h3-5,17H,6-13H2,1-2H3. The zero-order valence-corrected chi connectivity index (χ0v) is 20.0. The van der Waals surface area contributed by atoms with Crippen LogP contribution in [0.3, 0.4) is 0 Å². The SMILES string of the molecule is Cc1nn(C2CCS(=O)(=O)C2)c(C)c1N1CCN(C(=O)Cc2cccc(Br)c2F)CC1. The summed E-state index contributed by atoms with van der Waals surface area (Å²) in [5.74, 6) is -0.118. The monoisotopic (exact) mass is 512 g/mol. The molecule has 2 saturated heterocycles. The topological polar surface area (TPSA) is 75.5 Å². The highest BCUT2D eigenvalue weighted by Gasteiger charge is 2.33. The number of sulfone groups is 1. The number of piperazine rings is 1. The maximum Gasteiger partial charge on any atom is 0.227 e. The van der Waals surface area contributed by atoms with Gasteiger partial charge in [-0.05, 0) is 47.8 Å². The predicted molar refractivity (Wildman–Crippen MR) is 121 cm³/mol. The number of carbonyl (C=O) groups is 1. The van der Waals surface area contributed by atoms with Crippen LogP contribution in [0.15, 0.2) is 22.7 Å². The minimum atomic E-state index is -2.99. The molecule has 1 atom stereocenters. The highest BCUT2D eigenvalue weighted by atomic mass is 79.9. The van der Waals surface area contributed by atoms with E-state index in [1.807, 2.05) is 18.5 Å². The number of benzene rings is 1. The molecule has 3 heterocycles. The lowest BCUT2D eigenvalue weighted by Gasteiger charge is -2.36. The fraction of sp³-hybridized carbons (Fsp3) is 0.524. The van der Waals surface area contributed by atoms with E-state index in [-0.39, 0.29) is 35.7 Å². The van der Waals surface area contributed by atoms with Gasteiger partial charge in [-0.2, -0.15) is 5.10 Å². The van der Waals surface area contributed by atoms with Crippen molar-refractivity contribution in [1.82, 2.24) is 14.7 Å². The number of anilines is 1. The Morgan fingerprint density at radius 3 is 2.58 bits per heavy atom. The van der Waals surface area contributed by atoms with Crippen molar-refractivity contribution in [1.29, 1.82) is 0 Å². The lowest BCUT2D eigenvalue weighted by Crippen LogP contribution is -2.49. The van der Waals surface area contributed by atoms with E-state index in [1.165, 1.54) is 0 Å². The van der Waals surface area contributed by atoms with Gasteiger partial charge in [0, 0.05) is 26.2 Å². The first-order valence-corrected chi connectivity index (χ1v) is 13.0. The lowest BCUT2D eigenvalue weighted by atomic mass is 10.1. The molecule has 7 nitrogen and oxygen atoms in total. The molecular weight excluding hydrogens is 487 g/mol. The molecular formula is C21H26BrFN4O3S. The lowest BCUT2D eigenvalue weighted by molar-refractivity contribution is -0.130. The summed E-state index contributed by atoms with van der Waals surface area (Å²) in [4.78, 5) is 16.7. The Morgan fingerprint density at radius 2 is 1.94 bits per heavy atom. The van der Waals surface area contributed by atoms with Crippen molar-refractivity contribution in [3.8, 4) is 0 Å². The molecule has 0 N–H and O–H groups in total. The van der Waals surface area contributed by atoms with Gasteiger partial charge in [0.15, 0.2) is 9.84 Å². The normalized spacial score (nSPS) is 21.0. The fourth-order valence-electron chi connectivity index (χ4n) is 4.57. The second-order valence-electron chi connectivity index (χ2n) is 8.28. The molecule has 4 rings (SSSR count). The molecule has 2 fully saturated rings. The highest BCUT2D eigenvalue weighted by molar-refractivity contribution is 9.10. The van der Waals surface area contributed by atoms with Crippen molar-refractivity contribution in [2.45, 2.75) is 32.7 Å². The second-order valence-corrected chi connectivity index (χ2v) is 11.4. The summed E-state index contributed by atoms with van der Waals surface area (Å²) in [7, 11) is -2.99. The maximum absolute atomic E-state index is 14.2. The van der Waals surface area contributed by atoms with Crippen LogP contribution in [-0.4, -0.2) is 66.7 Å². The first kappa shape index (κ1) is 22.3. The van der Waals surface area contributed by atoms with E-state index < -0.39 is 9.84 Å². The molecule has 1 aromatic heterocycles. The number of nitrogens with zero attached hydrogens (tertiary/aromatic N) is 4. The Labute approximate surface area is 190 Å². The quantitative estimate of drug-likeness (QED) is 0.629. The Hall–Kier alpha value is -1.94. The molecule has 1 aromatic carbocycles. The van der Waals surface area contributed by atoms with E-state index in [2.05, 4.69) is 25.9 Å². The largest absolute Gasteiger partial charge is 0.365 e. The molecule has 0 saturated carbocycles. The minimum absolute atomic E-state index is 0.0391. The van der Waals surface area contributed by atoms with E-state index in [0.717, 1.165) is 17.1 Å². The van der Waals surface area contributed by atoms with Crippen LogP contribution in [0.2, 0.25) is 0 Å². The predicted octanol–water partition coefficient (Wildman–Crippen LogP) is 2.65. The van der Waals surface area contributed by atoms with Gasteiger partial charge < -0.3 is 9.80 Å². The van der Waals surface area contributed by atoms with Gasteiger partial charge in [0.25, 0.3) is 0 Å². The fourth-order valence-corrected chi connectivity index (χ4v) is 6.67. The van der Waals surface area contributed by atoms with Crippen molar-refractivity contribution < 1.29 is 17.6 Å². The van der Waals surface area contributed by atoms with Gasteiger partial charge >= 0.3 is 0 Å². The number of aryl methyl sites for hydroxylation is 1. The van der Waals surface area contributed by atoms with E-state index >= 15 is 0 Å². The van der Waals surface area contributed by atoms with Gasteiger partial charge in [0.2, 0.25) is 5.91 Å². The van der Waals surface area contributed by atoms with Crippen LogP contribution >= 0.6 is 15.9 Å². The summed E-state index contributed by atoms with van der Waals surface area (Å²) in [5.41, 5.74) is 3.25. The van der Waals surface area contributed by atoms with Gasteiger partial charge in [0.05, 0.1) is 45.5 Å². The number of hydrogen-bond acceptors (Lipinski definition) is 5. The molecule has 2 aliphatic rings. The van der Waals surface area contributed by atoms with E-state index in [0.29, 0.717) is 42.6 Å². The molecule has 1 unspecified atom stereocenters. The number of hydrogen-bond donors (Lipinski definition) is 0. The van der Waals surface area contributed by atoms with Crippen LogP contribution < -0.4 is 4.90 Å². The third-order valence-corrected chi connectivity index (χ3v) is 8.53. The maximum atomic E-state index is 14.2. The molecule has 2 aromatic rings. The number of aromatic nitrogens is 2. The average molecular weight is 513 g/mol. The van der Waals surface area contributed by atoms with Gasteiger partial charge in [-0.1, -0.05) is 12.1 Å². The molecule has 0 radical (unpaired) electrons. The molecule has 0 bridgehead atoms. The van der Waals surface area contributed by atoms with Crippen LogP contribution in [0.4, 0.5) is 10.1 Å². The molecule has 31 heavy (non-hydrogen) atoms. The molecule has 1 amide bonds. The van der Waals surface area contributed by atoms with Gasteiger partial charge in [-0.15, -0.1) is 0 Å². The van der Waals surface area contributed by atoms with Crippen molar-refractivity contribution in [2.24, 2.45) is 0 Å². The van der Waals surface area contributed by atoms with Crippen LogP contribution in [0.25, 0.3) is 0 Å². The number of carbonyl (C=O) groups excluding carboxylic acids is 1. The van der Waals surface area contributed by atoms with Crippen LogP contribution in [0, 0.1) is 19.7 Å². The first-order valence-electron chi connectivity index (χ1n) is 10.4. The van der Waals surface area contributed by atoms with Gasteiger partial charge in [-0.25, -0.2) is 12.8 Å². The van der Waals surface area contributed by atoms with Crippen LogP contribution in [0.1, 0.15) is 29.4 Å². The summed E-state index contributed by atoms with van der Waals surface area (Å²) in [6.45, 7) is 6.34. The molecule has 0 aliphatic carbocycles. The van der Waals surface area contributed by atoms with Crippen molar-refractivity contribution in [3.63, 3.8) is 0 Å². The van der Waals surface area contributed by atoms with Crippen molar-refractivity contribution >= 4 is 37.4 Å². The Morgan fingerprint density at radius 1 is 1.23 bits per heavy atom. The van der Waals surface area contributed by atoms with Crippen molar-refractivity contribution in [3.05, 3.63) is 45.4 Å². The molecule has 168 valence electrons. The van der Waals surface area contributed by atoms with E-state index in [9.17, 15) is 17.6 Å². The third-order valence-electron chi connectivity index (χ3n) is 6.16. The van der Waals surface area contributed by atoms with Crippen LogP contribution in [0.5, 0.6) is 0 Å². The van der Waals surface area contributed by atoms with Crippen LogP contribution in [-0.2, 0) is 21.1 Å². The van der Waals surface area contributed by atoms with Gasteiger partial charge in [0.1, 0.15) is 5.82 Å². The van der Waals surface area contributed by atoms with E-state index in [4.69, 9.17) is 0 Å². The summed E-state index contributed by atoms with van der Waals surface area (Å²) in [6.07, 6.45) is 0.635. The zero-order valence-electron chi connectivity index (χ0n) is 17.6. The Balaban J connectivity index is 1.42. The van der Waals surface area contributed by atoms with Gasteiger partial charge in [-0.3, -0.25) is 9.48 Å². The Kier molecular flexibility index (Phi) is 6.13. The summed E-state index contributed by atoms with van der Waals surface area (Å²) >= 11 is 3.16. The summed E-state index contributed by atoms with van der Waals surface area (Å²) < 4.78 is 40.2. The average Bonchev–Trinajstić information content (AvgIpc) is 3.23.